The van der Waals surface area contributed by atoms with Gasteiger partial charge in [0.1, 0.15) is 0 Å². The predicted octanol–water partition coefficient (Wildman–Crippen LogP) is 1.39. The van der Waals surface area contributed by atoms with Gasteiger partial charge >= 0.3 is 0 Å². The Hall–Kier alpha value is -0.160. The second kappa shape index (κ2) is 5.97. The second-order valence-corrected chi connectivity index (χ2v) is 1.94. The molecule has 1 atom stereocenters. The lowest BCUT2D eigenvalue weighted by molar-refractivity contribution is -0.624. The van der Waals surface area contributed by atoms with E-state index in [-0.39, 0.29) is 0 Å². The molecule has 1 N–H and O–H groups in total. The van der Waals surface area contributed by atoms with E-state index in [9.17, 15) is 0 Å². The zero-order valence-corrected chi connectivity index (χ0v) is 5.66. The van der Waals surface area contributed by atoms with Crippen LogP contribution >= 0.6 is 0 Å². The summed E-state index contributed by atoms with van der Waals surface area (Å²) in [6.45, 7) is 4.46. The van der Waals surface area contributed by atoms with Crippen LogP contribution in [0.25, 0.3) is 0 Å². The average Bonchev–Trinajstić information content (AvgIpc) is 1.89. The van der Waals surface area contributed by atoms with E-state index in [4.69, 9.17) is 5.26 Å². The van der Waals surface area contributed by atoms with Crippen LogP contribution in [-0.2, 0) is 15.0 Å². The van der Waals surface area contributed by atoms with Gasteiger partial charge in [-0.2, -0.15) is 0 Å². The Balaban J connectivity index is 2.88. The summed E-state index contributed by atoms with van der Waals surface area (Å²) in [4.78, 5) is 4.36. The topological polar surface area (TPSA) is 47.9 Å². The lowest BCUT2D eigenvalue weighted by atomic mass is 10.1. The summed E-state index contributed by atoms with van der Waals surface area (Å²) in [6, 6.07) is 0. The first kappa shape index (κ1) is 8.84. The smallest absolute Gasteiger partial charge is 0.0880 e. The summed E-state index contributed by atoms with van der Waals surface area (Å²) in [5.74, 6) is 0.417. The first-order valence-electron chi connectivity index (χ1n) is 2.91. The van der Waals surface area contributed by atoms with Crippen molar-refractivity contribution in [2.24, 2.45) is 5.92 Å². The van der Waals surface area contributed by atoms with E-state index >= 15 is 0 Å². The molecule has 0 spiro atoms. The van der Waals surface area contributed by atoms with Gasteiger partial charge in [-0.25, -0.2) is 10.1 Å². The minimum Gasteiger partial charge on any atom is -0.219 e. The summed E-state index contributed by atoms with van der Waals surface area (Å²) in [6.07, 6.45) is 1.01. The zero-order valence-electron chi connectivity index (χ0n) is 5.66. The Kier molecular flexibility index (Phi) is 5.86. The van der Waals surface area contributed by atoms with Crippen LogP contribution in [0, 0.1) is 5.92 Å². The minimum absolute atomic E-state index is 0.417. The van der Waals surface area contributed by atoms with E-state index in [1.165, 1.54) is 0 Å². The molecule has 0 amide bonds. The van der Waals surface area contributed by atoms with E-state index in [2.05, 4.69) is 15.0 Å². The highest BCUT2D eigenvalue weighted by molar-refractivity contribution is 4.42. The van der Waals surface area contributed by atoms with Gasteiger partial charge in [0, 0.05) is 0 Å². The maximum Gasteiger partial charge on any atom is 0.0880 e. The van der Waals surface area contributed by atoms with Crippen molar-refractivity contribution in [1.29, 1.82) is 0 Å². The molecule has 0 rings (SSSR count). The van der Waals surface area contributed by atoms with Gasteiger partial charge in [-0.1, -0.05) is 20.3 Å². The van der Waals surface area contributed by atoms with Crippen molar-refractivity contribution in [1.82, 2.24) is 0 Å². The van der Waals surface area contributed by atoms with Crippen molar-refractivity contribution in [2.75, 3.05) is 6.61 Å². The van der Waals surface area contributed by atoms with Crippen molar-refractivity contribution in [2.45, 2.75) is 20.3 Å². The average molecular weight is 136 g/mol. The lowest BCUT2D eigenvalue weighted by Gasteiger charge is -2.04. The molecule has 0 aromatic rings. The minimum atomic E-state index is 0.417. The molecule has 4 nitrogen and oxygen atoms in total. The summed E-state index contributed by atoms with van der Waals surface area (Å²) in [7, 11) is 0. The molecule has 0 aromatic carbocycles. The number of rotatable bonds is 5. The maximum atomic E-state index is 7.60. The van der Waals surface area contributed by atoms with Gasteiger partial charge in [0.05, 0.1) is 6.61 Å². The van der Waals surface area contributed by atoms with E-state index in [0.29, 0.717) is 12.5 Å². The molecule has 9 heavy (non-hydrogen) atoms. The van der Waals surface area contributed by atoms with Crippen molar-refractivity contribution < 1.29 is 20.2 Å². The first-order chi connectivity index (χ1) is 4.31. The van der Waals surface area contributed by atoms with Gasteiger partial charge in [0.2, 0.25) is 0 Å². The van der Waals surface area contributed by atoms with E-state index in [0.717, 1.165) is 6.42 Å². The molecule has 0 radical (unpaired) electrons. The third kappa shape index (κ3) is 5.72. The Bertz CT molecular complexity index is 56.9. The van der Waals surface area contributed by atoms with Crippen molar-refractivity contribution in [3.63, 3.8) is 0 Å². The quantitative estimate of drug-likeness (QED) is 0.352. The van der Waals surface area contributed by atoms with Crippen LogP contribution in [0.4, 0.5) is 0 Å². The highest BCUT2D eigenvalue weighted by Gasteiger charge is 1.97. The molecule has 0 heterocycles. The fourth-order valence-corrected chi connectivity index (χ4v) is 0.283. The fourth-order valence-electron chi connectivity index (χ4n) is 0.283. The van der Waals surface area contributed by atoms with Crippen molar-refractivity contribution in [3.8, 4) is 0 Å². The molecule has 0 saturated carbocycles. The van der Waals surface area contributed by atoms with Gasteiger partial charge < -0.3 is 0 Å². The largest absolute Gasteiger partial charge is 0.219 e. The predicted molar refractivity (Wildman–Crippen MR) is 30.2 cm³/mol. The molecule has 4 heteroatoms. The standard InChI is InChI=1S/C5H12O4/c1-3-5(2)4-7-9-8-6/h5-6H,3-4H2,1-2H3. The molecular formula is C5H12O4. The van der Waals surface area contributed by atoms with Gasteiger partial charge in [0.25, 0.3) is 0 Å². The highest BCUT2D eigenvalue weighted by Crippen LogP contribution is 2.00. The highest BCUT2D eigenvalue weighted by atomic mass is 17.6. The first-order valence-corrected chi connectivity index (χ1v) is 2.91. The van der Waals surface area contributed by atoms with Crippen LogP contribution < -0.4 is 0 Å². The molecule has 0 aliphatic rings. The molecular weight excluding hydrogens is 124 g/mol. The summed E-state index contributed by atoms with van der Waals surface area (Å²) >= 11 is 0. The fraction of sp³-hybridized carbons (Fsp3) is 1.00. The molecule has 0 aliphatic heterocycles. The van der Waals surface area contributed by atoms with E-state index in [1.807, 2.05) is 13.8 Å². The van der Waals surface area contributed by atoms with Gasteiger partial charge in [-0.05, 0) is 16.0 Å². The van der Waals surface area contributed by atoms with Gasteiger partial charge in [-0.15, -0.1) is 0 Å². The van der Waals surface area contributed by atoms with Crippen LogP contribution in [0.2, 0.25) is 0 Å². The molecule has 0 bridgehead atoms. The molecule has 0 aliphatic carbocycles. The summed E-state index contributed by atoms with van der Waals surface area (Å²) in [5.41, 5.74) is 0. The number of hydrogen-bond acceptors (Lipinski definition) is 4. The summed E-state index contributed by atoms with van der Waals surface area (Å²) in [5, 5.41) is 14.6. The molecule has 0 fully saturated rings. The molecule has 56 valence electrons. The third-order valence-corrected chi connectivity index (χ3v) is 1.13. The molecule has 0 saturated heterocycles. The normalized spacial score (nSPS) is 13.7. The Morgan fingerprint density at radius 2 is 2.22 bits per heavy atom. The third-order valence-electron chi connectivity index (χ3n) is 1.13. The lowest BCUT2D eigenvalue weighted by Crippen LogP contribution is -2.04. The maximum absolute atomic E-state index is 7.60. The Labute approximate surface area is 54.1 Å². The van der Waals surface area contributed by atoms with Crippen LogP contribution in [-0.4, -0.2) is 11.9 Å². The van der Waals surface area contributed by atoms with Crippen LogP contribution in [0.1, 0.15) is 20.3 Å². The molecule has 0 aromatic heterocycles. The monoisotopic (exact) mass is 136 g/mol. The van der Waals surface area contributed by atoms with Crippen LogP contribution in [0.3, 0.4) is 0 Å². The molecule has 1 unspecified atom stereocenters. The Morgan fingerprint density at radius 1 is 1.56 bits per heavy atom. The SMILES string of the molecule is CCC(C)COOOO. The van der Waals surface area contributed by atoms with Gasteiger partial charge in [-0.3, -0.25) is 0 Å². The van der Waals surface area contributed by atoms with E-state index < -0.39 is 0 Å². The van der Waals surface area contributed by atoms with Crippen LogP contribution in [0.5, 0.6) is 0 Å². The van der Waals surface area contributed by atoms with Crippen molar-refractivity contribution >= 4 is 0 Å². The Morgan fingerprint density at radius 3 is 2.67 bits per heavy atom. The zero-order chi connectivity index (χ0) is 7.11. The number of hydrogen-bond donors (Lipinski definition) is 1. The van der Waals surface area contributed by atoms with Crippen LogP contribution in [0.15, 0.2) is 0 Å². The second-order valence-electron chi connectivity index (χ2n) is 1.94. The van der Waals surface area contributed by atoms with E-state index in [1.54, 1.807) is 0 Å². The van der Waals surface area contributed by atoms with Crippen molar-refractivity contribution in [3.05, 3.63) is 0 Å². The summed E-state index contributed by atoms with van der Waals surface area (Å²) < 4.78 is 0. The van der Waals surface area contributed by atoms with Gasteiger partial charge in [0.15, 0.2) is 0 Å².